The first kappa shape index (κ1) is 10.7. The minimum absolute atomic E-state index is 0.0193. The molecule has 1 aromatic heterocycles. The summed E-state index contributed by atoms with van der Waals surface area (Å²) in [6.45, 7) is 2.67. The van der Waals surface area contributed by atoms with Gasteiger partial charge in [0.05, 0.1) is 0 Å². The second-order valence-corrected chi connectivity index (χ2v) is 3.27. The van der Waals surface area contributed by atoms with Gasteiger partial charge in [0.25, 0.3) is 0 Å². The van der Waals surface area contributed by atoms with E-state index < -0.39 is 0 Å². The fraction of sp³-hybridized carbons (Fsp3) is 0.455. The summed E-state index contributed by atoms with van der Waals surface area (Å²) in [4.78, 5) is 21.8. The molecule has 0 saturated carbocycles. The number of carbonyl (C=O) groups is 1. The zero-order chi connectivity index (χ0) is 10.4. The van der Waals surface area contributed by atoms with Gasteiger partial charge in [-0.1, -0.05) is 6.92 Å². The summed E-state index contributed by atoms with van der Waals surface area (Å²) in [5.74, 6) is 0.297. The smallest absolute Gasteiger partial charge is 0.181 e. The minimum atomic E-state index is 0.0193. The molecule has 76 valence electrons. The fourth-order valence-corrected chi connectivity index (χ4v) is 1.23. The molecule has 0 atom stereocenters. The predicted octanol–water partition coefficient (Wildman–Crippen LogP) is 1.61. The molecule has 0 amide bonds. The fourth-order valence-electron chi connectivity index (χ4n) is 1.23. The summed E-state index contributed by atoms with van der Waals surface area (Å²) in [6, 6.07) is 3.06. The summed E-state index contributed by atoms with van der Waals surface area (Å²) < 4.78 is 1.92. The van der Waals surface area contributed by atoms with Gasteiger partial charge in [0.1, 0.15) is 5.78 Å². The lowest BCUT2D eigenvalue weighted by Gasteiger charge is -2.03. The Morgan fingerprint density at radius 1 is 1.36 bits per heavy atom. The van der Waals surface area contributed by atoms with Gasteiger partial charge in [-0.2, -0.15) is 0 Å². The van der Waals surface area contributed by atoms with E-state index in [1.54, 1.807) is 12.4 Å². The van der Waals surface area contributed by atoms with E-state index in [2.05, 4.69) is 0 Å². The van der Waals surface area contributed by atoms with Gasteiger partial charge >= 0.3 is 0 Å². The second kappa shape index (κ2) is 5.37. The van der Waals surface area contributed by atoms with E-state index in [-0.39, 0.29) is 5.43 Å². The van der Waals surface area contributed by atoms with Crippen molar-refractivity contribution in [1.82, 2.24) is 4.57 Å². The molecule has 1 rings (SSSR count). The van der Waals surface area contributed by atoms with Crippen molar-refractivity contribution in [3.05, 3.63) is 34.7 Å². The molecule has 0 unspecified atom stereocenters. The number of pyridine rings is 1. The van der Waals surface area contributed by atoms with E-state index in [0.717, 1.165) is 13.0 Å². The molecule has 14 heavy (non-hydrogen) atoms. The zero-order valence-corrected chi connectivity index (χ0v) is 8.40. The van der Waals surface area contributed by atoms with E-state index in [0.29, 0.717) is 18.6 Å². The van der Waals surface area contributed by atoms with Crippen LogP contribution in [0.1, 0.15) is 26.2 Å². The molecule has 0 fully saturated rings. The summed E-state index contributed by atoms with van der Waals surface area (Å²) in [6.07, 6.45) is 5.58. The largest absolute Gasteiger partial charge is 0.354 e. The molecule has 1 aromatic rings. The van der Waals surface area contributed by atoms with Crippen LogP contribution in [-0.4, -0.2) is 10.4 Å². The molecule has 1 heterocycles. The van der Waals surface area contributed by atoms with Crippen molar-refractivity contribution in [1.29, 1.82) is 0 Å². The monoisotopic (exact) mass is 193 g/mol. The number of rotatable bonds is 5. The van der Waals surface area contributed by atoms with E-state index in [1.165, 1.54) is 12.1 Å². The number of carbonyl (C=O) groups excluding carboxylic acids is 1. The van der Waals surface area contributed by atoms with Gasteiger partial charge < -0.3 is 4.57 Å². The molecule has 0 aliphatic heterocycles. The van der Waals surface area contributed by atoms with Gasteiger partial charge in [-0.15, -0.1) is 0 Å². The van der Waals surface area contributed by atoms with Crippen LogP contribution in [-0.2, 0) is 11.3 Å². The third-order valence-electron chi connectivity index (χ3n) is 2.13. The van der Waals surface area contributed by atoms with Crippen molar-refractivity contribution in [2.24, 2.45) is 0 Å². The molecule has 0 N–H and O–H groups in total. The first-order valence-corrected chi connectivity index (χ1v) is 4.90. The van der Waals surface area contributed by atoms with Gasteiger partial charge in [-0.3, -0.25) is 9.59 Å². The third kappa shape index (κ3) is 3.56. The van der Waals surface area contributed by atoms with Crippen LogP contribution >= 0.6 is 0 Å². The molecule has 0 aromatic carbocycles. The molecular weight excluding hydrogens is 178 g/mol. The van der Waals surface area contributed by atoms with Crippen LogP contribution in [0.5, 0.6) is 0 Å². The molecule has 3 nitrogen and oxygen atoms in total. The van der Waals surface area contributed by atoms with E-state index in [9.17, 15) is 9.59 Å². The summed E-state index contributed by atoms with van der Waals surface area (Å²) >= 11 is 0. The van der Waals surface area contributed by atoms with Crippen molar-refractivity contribution in [3.63, 3.8) is 0 Å². The van der Waals surface area contributed by atoms with Crippen LogP contribution in [0.2, 0.25) is 0 Å². The number of hydrogen-bond donors (Lipinski definition) is 0. The van der Waals surface area contributed by atoms with E-state index >= 15 is 0 Å². The maximum atomic E-state index is 11.0. The standard InChI is InChI=1S/C11H15NO2/c1-2-10(13)4-3-7-12-8-5-11(14)6-9-12/h5-6,8-9H,2-4,7H2,1H3. The summed E-state index contributed by atoms with van der Waals surface area (Å²) in [7, 11) is 0. The molecular formula is C11H15NO2. The van der Waals surface area contributed by atoms with Crippen LogP contribution in [0.4, 0.5) is 0 Å². The lowest BCUT2D eigenvalue weighted by atomic mass is 10.2. The molecule has 0 radical (unpaired) electrons. The molecule has 0 aliphatic carbocycles. The first-order valence-electron chi connectivity index (χ1n) is 4.90. The lowest BCUT2D eigenvalue weighted by molar-refractivity contribution is -0.118. The van der Waals surface area contributed by atoms with Crippen molar-refractivity contribution in [3.8, 4) is 0 Å². The highest BCUT2D eigenvalue weighted by Crippen LogP contribution is 1.97. The molecule has 0 bridgehead atoms. The topological polar surface area (TPSA) is 39.1 Å². The molecule has 0 spiro atoms. The highest BCUT2D eigenvalue weighted by atomic mass is 16.1. The van der Waals surface area contributed by atoms with E-state index in [4.69, 9.17) is 0 Å². The second-order valence-electron chi connectivity index (χ2n) is 3.27. The third-order valence-corrected chi connectivity index (χ3v) is 2.13. The normalized spacial score (nSPS) is 10.1. The Morgan fingerprint density at radius 3 is 2.57 bits per heavy atom. The minimum Gasteiger partial charge on any atom is -0.354 e. The van der Waals surface area contributed by atoms with Crippen LogP contribution in [0.3, 0.4) is 0 Å². The first-order chi connectivity index (χ1) is 6.72. The maximum absolute atomic E-state index is 11.0. The van der Waals surface area contributed by atoms with Crippen molar-refractivity contribution in [2.75, 3.05) is 0 Å². The number of aryl methyl sites for hydroxylation is 1. The number of Topliss-reactive ketones (excluding diaryl/α,β-unsaturated/α-hetero) is 1. The summed E-state index contributed by atoms with van der Waals surface area (Å²) in [5.41, 5.74) is 0.0193. The average Bonchev–Trinajstić information content (AvgIpc) is 2.21. The number of nitrogens with zero attached hydrogens (tertiary/aromatic N) is 1. The number of ketones is 1. The highest BCUT2D eigenvalue weighted by molar-refractivity contribution is 5.77. The Balaban J connectivity index is 2.35. The van der Waals surface area contributed by atoms with Gasteiger partial charge in [-0.25, -0.2) is 0 Å². The van der Waals surface area contributed by atoms with Gasteiger partial charge in [0.2, 0.25) is 0 Å². The maximum Gasteiger partial charge on any atom is 0.181 e. The molecule has 0 saturated heterocycles. The van der Waals surface area contributed by atoms with Gasteiger partial charge in [-0.05, 0) is 6.42 Å². The lowest BCUT2D eigenvalue weighted by Crippen LogP contribution is -2.05. The van der Waals surface area contributed by atoms with E-state index in [1.807, 2.05) is 11.5 Å². The molecule has 3 heteroatoms. The van der Waals surface area contributed by atoms with Crippen LogP contribution in [0.25, 0.3) is 0 Å². The summed E-state index contributed by atoms with van der Waals surface area (Å²) in [5, 5.41) is 0. The van der Waals surface area contributed by atoms with Crippen LogP contribution in [0, 0.1) is 0 Å². The molecule has 0 aliphatic rings. The Bertz CT molecular complexity index is 334. The van der Waals surface area contributed by atoms with Crippen molar-refractivity contribution in [2.45, 2.75) is 32.7 Å². The Kier molecular flexibility index (Phi) is 4.11. The van der Waals surface area contributed by atoms with Crippen LogP contribution in [0.15, 0.2) is 29.3 Å². The Morgan fingerprint density at radius 2 is 2.00 bits per heavy atom. The highest BCUT2D eigenvalue weighted by Gasteiger charge is 1.97. The van der Waals surface area contributed by atoms with Crippen molar-refractivity contribution < 1.29 is 4.79 Å². The SMILES string of the molecule is CCC(=O)CCCn1ccc(=O)cc1. The van der Waals surface area contributed by atoms with Crippen LogP contribution < -0.4 is 5.43 Å². The predicted molar refractivity (Wildman–Crippen MR) is 55.2 cm³/mol. The Labute approximate surface area is 83.4 Å². The zero-order valence-electron chi connectivity index (χ0n) is 8.40. The van der Waals surface area contributed by atoms with Gasteiger partial charge in [0, 0.05) is 43.9 Å². The Hall–Kier alpha value is -1.38. The number of hydrogen-bond acceptors (Lipinski definition) is 2. The quantitative estimate of drug-likeness (QED) is 0.712. The van der Waals surface area contributed by atoms with Crippen molar-refractivity contribution >= 4 is 5.78 Å². The van der Waals surface area contributed by atoms with Gasteiger partial charge in [0.15, 0.2) is 5.43 Å². The average molecular weight is 193 g/mol. The number of aromatic nitrogens is 1.